The molecule has 0 radical (unpaired) electrons. The standard InChI is InChI=1S/C13H18N4O/c1-16-8-6-10(7-9-16)13(18)17-12-5-3-2-4-11(12)14-15-17/h2-5,10,13,18H,6-9H2,1H3. The van der Waals surface area contributed by atoms with E-state index < -0.39 is 6.23 Å². The molecule has 1 aromatic heterocycles. The molecular weight excluding hydrogens is 228 g/mol. The molecule has 0 spiro atoms. The van der Waals surface area contributed by atoms with Gasteiger partial charge in [-0.15, -0.1) is 5.10 Å². The van der Waals surface area contributed by atoms with E-state index in [9.17, 15) is 5.11 Å². The van der Waals surface area contributed by atoms with Crippen molar-refractivity contribution in [1.82, 2.24) is 19.9 Å². The highest BCUT2D eigenvalue weighted by Gasteiger charge is 2.26. The number of aliphatic hydroxyl groups is 1. The zero-order valence-electron chi connectivity index (χ0n) is 10.5. The molecule has 1 atom stereocenters. The molecule has 1 N–H and O–H groups in total. The summed E-state index contributed by atoms with van der Waals surface area (Å²) in [5, 5.41) is 18.6. The van der Waals surface area contributed by atoms with Gasteiger partial charge in [-0.1, -0.05) is 17.3 Å². The SMILES string of the molecule is CN1CCC(C(O)n2nnc3ccccc32)CC1. The summed E-state index contributed by atoms with van der Waals surface area (Å²) in [6, 6.07) is 7.75. The maximum atomic E-state index is 10.5. The second-order valence-corrected chi connectivity index (χ2v) is 5.08. The van der Waals surface area contributed by atoms with Crippen molar-refractivity contribution in [1.29, 1.82) is 0 Å². The van der Waals surface area contributed by atoms with Crippen molar-refractivity contribution in [3.05, 3.63) is 24.3 Å². The number of aromatic nitrogens is 3. The number of benzene rings is 1. The number of nitrogens with zero attached hydrogens (tertiary/aromatic N) is 4. The third-order valence-corrected chi connectivity index (χ3v) is 3.81. The number of fused-ring (bicyclic) bond motifs is 1. The van der Waals surface area contributed by atoms with Crippen LogP contribution >= 0.6 is 0 Å². The zero-order chi connectivity index (χ0) is 12.5. The van der Waals surface area contributed by atoms with Gasteiger partial charge in [0.25, 0.3) is 0 Å². The van der Waals surface area contributed by atoms with E-state index in [0.717, 1.165) is 37.0 Å². The van der Waals surface area contributed by atoms with E-state index in [1.807, 2.05) is 24.3 Å². The van der Waals surface area contributed by atoms with Crippen molar-refractivity contribution in [3.8, 4) is 0 Å². The molecule has 1 aliphatic heterocycles. The van der Waals surface area contributed by atoms with Crippen LogP contribution in [0.2, 0.25) is 0 Å². The van der Waals surface area contributed by atoms with Gasteiger partial charge in [0.15, 0.2) is 6.23 Å². The van der Waals surface area contributed by atoms with Gasteiger partial charge in [0.1, 0.15) is 5.52 Å². The summed E-state index contributed by atoms with van der Waals surface area (Å²) in [6.45, 7) is 2.07. The molecule has 1 saturated heterocycles. The Hall–Kier alpha value is -1.46. The highest BCUT2D eigenvalue weighted by atomic mass is 16.3. The van der Waals surface area contributed by atoms with E-state index in [1.54, 1.807) is 4.68 Å². The van der Waals surface area contributed by atoms with Crippen molar-refractivity contribution in [2.75, 3.05) is 20.1 Å². The summed E-state index contributed by atoms with van der Waals surface area (Å²) < 4.78 is 1.66. The van der Waals surface area contributed by atoms with Crippen LogP contribution in [0.3, 0.4) is 0 Å². The van der Waals surface area contributed by atoms with Crippen LogP contribution in [0.25, 0.3) is 11.0 Å². The predicted octanol–water partition coefficient (Wildman–Crippen LogP) is 1.26. The number of aliphatic hydroxyl groups excluding tert-OH is 1. The number of rotatable bonds is 2. The Balaban J connectivity index is 1.85. The van der Waals surface area contributed by atoms with Crippen LogP contribution < -0.4 is 0 Å². The van der Waals surface area contributed by atoms with Crippen LogP contribution in [0.5, 0.6) is 0 Å². The highest BCUT2D eigenvalue weighted by molar-refractivity contribution is 5.73. The molecule has 1 unspecified atom stereocenters. The molecule has 1 fully saturated rings. The summed E-state index contributed by atoms with van der Waals surface area (Å²) >= 11 is 0. The van der Waals surface area contributed by atoms with E-state index >= 15 is 0 Å². The van der Waals surface area contributed by atoms with Gasteiger partial charge in [-0.05, 0) is 45.1 Å². The molecule has 5 nitrogen and oxygen atoms in total. The minimum absolute atomic E-state index is 0.270. The molecule has 5 heteroatoms. The smallest absolute Gasteiger partial charge is 0.152 e. The molecule has 18 heavy (non-hydrogen) atoms. The van der Waals surface area contributed by atoms with Crippen LogP contribution in [-0.4, -0.2) is 45.1 Å². The fourth-order valence-electron chi connectivity index (χ4n) is 2.61. The summed E-state index contributed by atoms with van der Waals surface area (Å²) in [7, 11) is 2.12. The van der Waals surface area contributed by atoms with Gasteiger partial charge in [-0.2, -0.15) is 0 Å². The maximum Gasteiger partial charge on any atom is 0.152 e. The lowest BCUT2D eigenvalue weighted by Crippen LogP contribution is -2.34. The van der Waals surface area contributed by atoms with E-state index in [1.165, 1.54) is 0 Å². The first-order valence-electron chi connectivity index (χ1n) is 6.42. The van der Waals surface area contributed by atoms with E-state index in [0.29, 0.717) is 0 Å². The Morgan fingerprint density at radius 3 is 2.78 bits per heavy atom. The van der Waals surface area contributed by atoms with Crippen LogP contribution in [-0.2, 0) is 0 Å². The average molecular weight is 246 g/mol. The molecule has 1 aromatic carbocycles. The molecular formula is C13H18N4O. The molecule has 1 aliphatic rings. The Morgan fingerprint density at radius 2 is 2.00 bits per heavy atom. The Labute approximate surface area is 106 Å². The molecule has 0 bridgehead atoms. The van der Waals surface area contributed by atoms with Gasteiger partial charge in [0.2, 0.25) is 0 Å². The highest BCUT2D eigenvalue weighted by Crippen LogP contribution is 2.27. The largest absolute Gasteiger partial charge is 0.371 e. The van der Waals surface area contributed by atoms with Crippen molar-refractivity contribution < 1.29 is 5.11 Å². The Kier molecular flexibility index (Phi) is 3.01. The van der Waals surface area contributed by atoms with Gasteiger partial charge >= 0.3 is 0 Å². The number of para-hydroxylation sites is 1. The van der Waals surface area contributed by atoms with Gasteiger partial charge in [0.05, 0.1) is 5.52 Å². The van der Waals surface area contributed by atoms with E-state index in [-0.39, 0.29) is 5.92 Å². The second kappa shape index (κ2) is 4.66. The van der Waals surface area contributed by atoms with Crippen molar-refractivity contribution in [2.24, 2.45) is 5.92 Å². The van der Waals surface area contributed by atoms with Gasteiger partial charge in [-0.3, -0.25) is 0 Å². The molecule has 3 rings (SSSR count). The summed E-state index contributed by atoms with van der Waals surface area (Å²) in [6.07, 6.45) is 1.45. The molecule has 96 valence electrons. The monoisotopic (exact) mass is 246 g/mol. The molecule has 2 aromatic rings. The summed E-state index contributed by atoms with van der Waals surface area (Å²) in [4.78, 5) is 2.29. The first kappa shape index (κ1) is 11.6. The Bertz CT molecular complexity index is 531. The van der Waals surface area contributed by atoms with E-state index in [4.69, 9.17) is 0 Å². The predicted molar refractivity (Wildman–Crippen MR) is 69.0 cm³/mol. The number of hydrogen-bond acceptors (Lipinski definition) is 4. The minimum Gasteiger partial charge on any atom is -0.371 e. The quantitative estimate of drug-likeness (QED) is 0.867. The first-order valence-corrected chi connectivity index (χ1v) is 6.42. The first-order chi connectivity index (χ1) is 8.75. The molecule has 0 amide bonds. The number of piperidine rings is 1. The number of hydrogen-bond donors (Lipinski definition) is 1. The Morgan fingerprint density at radius 1 is 1.28 bits per heavy atom. The lowest BCUT2D eigenvalue weighted by molar-refractivity contribution is 0.00465. The maximum absolute atomic E-state index is 10.5. The number of likely N-dealkylation sites (tertiary alicyclic amines) is 1. The summed E-state index contributed by atoms with van der Waals surface area (Å²) in [5.41, 5.74) is 1.74. The normalized spacial score (nSPS) is 20.3. The van der Waals surface area contributed by atoms with Crippen molar-refractivity contribution >= 4 is 11.0 Å². The van der Waals surface area contributed by atoms with Crippen molar-refractivity contribution in [2.45, 2.75) is 19.1 Å². The zero-order valence-corrected chi connectivity index (χ0v) is 10.5. The molecule has 2 heterocycles. The summed E-state index contributed by atoms with van der Waals surface area (Å²) in [5.74, 6) is 0.270. The van der Waals surface area contributed by atoms with Crippen molar-refractivity contribution in [3.63, 3.8) is 0 Å². The van der Waals surface area contributed by atoms with Gasteiger partial charge < -0.3 is 10.0 Å². The third-order valence-electron chi connectivity index (χ3n) is 3.81. The third kappa shape index (κ3) is 2.00. The topological polar surface area (TPSA) is 54.2 Å². The lowest BCUT2D eigenvalue weighted by Gasteiger charge is -2.31. The van der Waals surface area contributed by atoms with Gasteiger partial charge in [0, 0.05) is 5.92 Å². The second-order valence-electron chi connectivity index (χ2n) is 5.08. The molecule has 0 saturated carbocycles. The average Bonchev–Trinajstić information content (AvgIpc) is 2.82. The fourth-order valence-corrected chi connectivity index (χ4v) is 2.61. The lowest BCUT2D eigenvalue weighted by atomic mass is 9.95. The van der Waals surface area contributed by atoms with Crippen LogP contribution in [0.4, 0.5) is 0 Å². The molecule has 0 aliphatic carbocycles. The van der Waals surface area contributed by atoms with Gasteiger partial charge in [-0.25, -0.2) is 4.68 Å². The minimum atomic E-state index is -0.564. The van der Waals surface area contributed by atoms with E-state index in [2.05, 4.69) is 22.3 Å². The fraction of sp³-hybridized carbons (Fsp3) is 0.538. The van der Waals surface area contributed by atoms with Crippen LogP contribution in [0, 0.1) is 5.92 Å². The van der Waals surface area contributed by atoms with Crippen LogP contribution in [0.1, 0.15) is 19.1 Å². The van der Waals surface area contributed by atoms with Crippen LogP contribution in [0.15, 0.2) is 24.3 Å².